The van der Waals surface area contributed by atoms with Crippen molar-refractivity contribution < 1.29 is 9.90 Å². The van der Waals surface area contributed by atoms with Gasteiger partial charge in [-0.15, -0.1) is 11.7 Å². The summed E-state index contributed by atoms with van der Waals surface area (Å²) in [5.41, 5.74) is 5.29. The van der Waals surface area contributed by atoms with Gasteiger partial charge in [-0.1, -0.05) is 10.8 Å². The minimum Gasteiger partial charge on any atom is -0.507 e. The van der Waals surface area contributed by atoms with Crippen LogP contribution in [0.25, 0.3) is 0 Å². The molecular formula is C7H7NO2S2. The number of phenolic OH excluding ortho intramolecular Hbond substituents is 1. The third-order valence-corrected chi connectivity index (χ3v) is 2.47. The zero-order valence-electron chi connectivity index (χ0n) is 6.02. The van der Waals surface area contributed by atoms with E-state index in [-0.39, 0.29) is 5.75 Å². The third kappa shape index (κ3) is 1.86. The van der Waals surface area contributed by atoms with E-state index in [1.165, 1.54) is 6.07 Å². The topological polar surface area (TPSA) is 63.3 Å². The van der Waals surface area contributed by atoms with Crippen molar-refractivity contribution in [2.24, 2.45) is 5.73 Å². The third-order valence-electron chi connectivity index (χ3n) is 1.34. The Labute approximate surface area is 78.8 Å². The number of phenols is 1. The van der Waals surface area contributed by atoms with Crippen LogP contribution in [-0.4, -0.2) is 11.0 Å². The van der Waals surface area contributed by atoms with Crippen molar-refractivity contribution in [3.8, 4) is 5.75 Å². The summed E-state index contributed by atoms with van der Waals surface area (Å²) in [7, 11) is 1.11. The van der Waals surface area contributed by atoms with Crippen molar-refractivity contribution in [1.29, 1.82) is 0 Å². The summed E-state index contributed by atoms with van der Waals surface area (Å²) in [4.78, 5) is 11.2. The molecule has 0 aliphatic rings. The van der Waals surface area contributed by atoms with Crippen LogP contribution in [0.5, 0.6) is 5.75 Å². The number of rotatable bonds is 2. The van der Waals surface area contributed by atoms with Gasteiger partial charge in [-0.3, -0.25) is 4.79 Å². The number of nitrogens with two attached hydrogens (primary N) is 1. The molecule has 0 saturated heterocycles. The van der Waals surface area contributed by atoms with Crippen molar-refractivity contribution in [1.82, 2.24) is 0 Å². The SMILES string of the molecule is NC(=O)c1ccc(SS)c(O)c1. The number of carbonyl (C=O) groups excluding carboxylic acids is 1. The Morgan fingerprint density at radius 3 is 2.67 bits per heavy atom. The number of carbonyl (C=O) groups is 1. The molecule has 0 aliphatic carbocycles. The van der Waals surface area contributed by atoms with E-state index in [1.54, 1.807) is 12.1 Å². The maximum absolute atomic E-state index is 10.6. The van der Waals surface area contributed by atoms with E-state index < -0.39 is 5.91 Å². The van der Waals surface area contributed by atoms with Crippen LogP contribution in [0.15, 0.2) is 23.1 Å². The first-order valence-corrected chi connectivity index (χ1v) is 4.96. The van der Waals surface area contributed by atoms with Gasteiger partial charge in [0.05, 0.1) is 4.90 Å². The lowest BCUT2D eigenvalue weighted by Gasteiger charge is -2.00. The highest BCUT2D eigenvalue weighted by Crippen LogP contribution is 2.30. The van der Waals surface area contributed by atoms with Crippen LogP contribution in [0, 0.1) is 0 Å². The first-order chi connectivity index (χ1) is 5.65. The van der Waals surface area contributed by atoms with E-state index in [4.69, 9.17) is 5.73 Å². The molecule has 0 aliphatic heterocycles. The Bertz CT molecular complexity index is 314. The van der Waals surface area contributed by atoms with Gasteiger partial charge in [-0.05, 0) is 18.2 Å². The van der Waals surface area contributed by atoms with Crippen molar-refractivity contribution in [2.45, 2.75) is 4.90 Å². The summed E-state index contributed by atoms with van der Waals surface area (Å²) in [5, 5.41) is 9.26. The molecule has 3 N–H and O–H groups in total. The maximum Gasteiger partial charge on any atom is 0.248 e. The molecule has 0 radical (unpaired) electrons. The van der Waals surface area contributed by atoms with Gasteiger partial charge in [0, 0.05) is 5.56 Å². The molecule has 0 unspecified atom stereocenters. The normalized spacial score (nSPS) is 9.75. The second-order valence-electron chi connectivity index (χ2n) is 2.14. The molecule has 0 atom stereocenters. The molecule has 0 fully saturated rings. The van der Waals surface area contributed by atoms with Crippen LogP contribution in [0.3, 0.4) is 0 Å². The molecule has 12 heavy (non-hydrogen) atoms. The van der Waals surface area contributed by atoms with Gasteiger partial charge in [0.2, 0.25) is 5.91 Å². The first-order valence-electron chi connectivity index (χ1n) is 3.09. The van der Waals surface area contributed by atoms with Gasteiger partial charge in [0.25, 0.3) is 0 Å². The predicted molar refractivity (Wildman–Crippen MR) is 51.5 cm³/mol. The molecule has 1 amide bonds. The fourth-order valence-corrected chi connectivity index (χ4v) is 1.49. The Kier molecular flexibility index (Phi) is 2.88. The van der Waals surface area contributed by atoms with E-state index in [2.05, 4.69) is 11.7 Å². The zero-order valence-corrected chi connectivity index (χ0v) is 7.73. The molecule has 1 aromatic rings. The Morgan fingerprint density at radius 2 is 2.25 bits per heavy atom. The summed E-state index contributed by atoms with van der Waals surface area (Å²) < 4.78 is 0. The zero-order chi connectivity index (χ0) is 9.14. The van der Waals surface area contributed by atoms with Gasteiger partial charge in [0.1, 0.15) is 5.75 Å². The number of hydrogen-bond acceptors (Lipinski definition) is 4. The lowest BCUT2D eigenvalue weighted by molar-refractivity contribution is 0.1000. The molecule has 1 rings (SSSR count). The molecule has 0 aromatic heterocycles. The van der Waals surface area contributed by atoms with Crippen LogP contribution in [-0.2, 0) is 0 Å². The van der Waals surface area contributed by atoms with Gasteiger partial charge >= 0.3 is 0 Å². The molecular weight excluding hydrogens is 194 g/mol. The number of amides is 1. The second-order valence-corrected chi connectivity index (χ2v) is 3.31. The van der Waals surface area contributed by atoms with Crippen molar-refractivity contribution in [2.75, 3.05) is 0 Å². The van der Waals surface area contributed by atoms with E-state index >= 15 is 0 Å². The van der Waals surface area contributed by atoms with Crippen molar-refractivity contribution in [3.05, 3.63) is 23.8 Å². The van der Waals surface area contributed by atoms with Gasteiger partial charge in [-0.25, -0.2) is 0 Å². The Morgan fingerprint density at radius 1 is 1.58 bits per heavy atom. The summed E-state index contributed by atoms with van der Waals surface area (Å²) in [6.45, 7) is 0. The number of thiol groups is 1. The predicted octanol–water partition coefficient (Wildman–Crippen LogP) is 1.43. The highest BCUT2D eigenvalue weighted by Gasteiger charge is 2.04. The monoisotopic (exact) mass is 201 g/mol. The molecule has 64 valence electrons. The average Bonchev–Trinajstić information content (AvgIpc) is 2.04. The van der Waals surface area contributed by atoms with E-state index in [1.807, 2.05) is 0 Å². The molecule has 1 aromatic carbocycles. The number of hydrogen-bond donors (Lipinski definition) is 3. The average molecular weight is 201 g/mol. The highest BCUT2D eigenvalue weighted by molar-refractivity contribution is 8.68. The fraction of sp³-hybridized carbons (Fsp3) is 0. The van der Waals surface area contributed by atoms with Gasteiger partial charge < -0.3 is 10.8 Å². The van der Waals surface area contributed by atoms with Crippen LogP contribution < -0.4 is 5.73 Å². The summed E-state index contributed by atoms with van der Waals surface area (Å²) in [5.74, 6) is -0.535. The molecule has 0 spiro atoms. The van der Waals surface area contributed by atoms with Crippen LogP contribution >= 0.6 is 22.5 Å². The molecule has 5 heteroatoms. The highest BCUT2D eigenvalue weighted by atomic mass is 33.1. The van der Waals surface area contributed by atoms with Gasteiger partial charge in [-0.2, -0.15) is 0 Å². The molecule has 3 nitrogen and oxygen atoms in total. The minimum absolute atomic E-state index is 0.0197. The number of primary amides is 1. The van der Waals surface area contributed by atoms with Crippen molar-refractivity contribution >= 4 is 28.4 Å². The minimum atomic E-state index is -0.555. The Balaban J connectivity index is 3.10. The van der Waals surface area contributed by atoms with Crippen molar-refractivity contribution in [3.63, 3.8) is 0 Å². The smallest absolute Gasteiger partial charge is 0.248 e. The van der Waals surface area contributed by atoms with Crippen LogP contribution in [0.1, 0.15) is 10.4 Å². The number of benzene rings is 1. The largest absolute Gasteiger partial charge is 0.507 e. The second kappa shape index (κ2) is 3.73. The van der Waals surface area contributed by atoms with Gasteiger partial charge in [0.15, 0.2) is 0 Å². The summed E-state index contributed by atoms with van der Waals surface area (Å²) in [6, 6.07) is 4.45. The van der Waals surface area contributed by atoms with E-state index in [9.17, 15) is 9.90 Å². The van der Waals surface area contributed by atoms with E-state index in [0.717, 1.165) is 10.8 Å². The molecule has 0 bridgehead atoms. The first kappa shape index (κ1) is 9.28. The number of aromatic hydroxyl groups is 1. The lowest BCUT2D eigenvalue weighted by Crippen LogP contribution is -2.10. The quantitative estimate of drug-likeness (QED) is 0.501. The Hall–Kier alpha value is -0.810. The summed E-state index contributed by atoms with van der Waals surface area (Å²) in [6.07, 6.45) is 0. The van der Waals surface area contributed by atoms with E-state index in [0.29, 0.717) is 10.5 Å². The van der Waals surface area contributed by atoms with Crippen LogP contribution in [0.4, 0.5) is 0 Å². The summed E-state index contributed by atoms with van der Waals surface area (Å²) >= 11 is 3.91. The maximum atomic E-state index is 10.6. The molecule has 0 saturated carbocycles. The standard InChI is InChI=1S/C7H7NO2S2/c8-7(10)4-1-2-6(12-11)5(9)3-4/h1-3,9,11H,(H2,8,10). The molecule has 0 heterocycles. The van der Waals surface area contributed by atoms with Crippen LogP contribution in [0.2, 0.25) is 0 Å². The fourth-order valence-electron chi connectivity index (χ4n) is 0.748. The lowest BCUT2D eigenvalue weighted by atomic mass is 10.2.